The molecular weight excluding hydrogens is 344 g/mol. The molecule has 0 fully saturated rings. The molecule has 0 unspecified atom stereocenters. The zero-order valence-corrected chi connectivity index (χ0v) is 19.7. The Kier molecular flexibility index (Phi) is 8.91. The van der Waals surface area contributed by atoms with Crippen LogP contribution in [-0.4, -0.2) is 10.2 Å². The first-order valence-corrected chi connectivity index (χ1v) is 10.5. The zero-order valence-electron chi connectivity index (χ0n) is 19.7. The molecule has 0 spiro atoms. The van der Waals surface area contributed by atoms with Crippen molar-refractivity contribution in [3.63, 3.8) is 0 Å². The Balaban J connectivity index is 0.000000280. The van der Waals surface area contributed by atoms with E-state index in [2.05, 4.69) is 55.4 Å². The van der Waals surface area contributed by atoms with Crippen LogP contribution in [0.15, 0.2) is 0 Å². The number of benzene rings is 2. The first-order chi connectivity index (χ1) is 13.1. The molecule has 0 radical (unpaired) electrons. The molecule has 28 heavy (non-hydrogen) atoms. The molecule has 0 saturated carbocycles. The van der Waals surface area contributed by atoms with Gasteiger partial charge in [-0.2, -0.15) is 0 Å². The van der Waals surface area contributed by atoms with E-state index >= 15 is 0 Å². The van der Waals surface area contributed by atoms with E-state index in [4.69, 9.17) is 0 Å². The van der Waals surface area contributed by atoms with Gasteiger partial charge in [-0.05, 0) is 135 Å². The Hall–Kier alpha value is -1.64. The molecule has 0 aliphatic carbocycles. The number of rotatable bonds is 4. The van der Waals surface area contributed by atoms with Gasteiger partial charge in [-0.25, -0.2) is 0 Å². The highest BCUT2D eigenvalue weighted by molar-refractivity contribution is 5.50. The van der Waals surface area contributed by atoms with Crippen LogP contribution in [0.5, 0.6) is 0 Å². The molecule has 0 saturated heterocycles. The van der Waals surface area contributed by atoms with E-state index < -0.39 is 0 Å². The van der Waals surface area contributed by atoms with Crippen molar-refractivity contribution in [3.05, 3.63) is 66.8 Å². The second-order valence-corrected chi connectivity index (χ2v) is 7.94. The molecule has 0 bridgehead atoms. The third kappa shape index (κ3) is 4.50. The van der Waals surface area contributed by atoms with Crippen molar-refractivity contribution < 1.29 is 10.2 Å². The lowest BCUT2D eigenvalue weighted by Crippen LogP contribution is -2.05. The maximum Gasteiger partial charge on any atom is 0.0688 e. The molecule has 0 aliphatic heterocycles. The maximum absolute atomic E-state index is 9.26. The van der Waals surface area contributed by atoms with Crippen LogP contribution >= 0.6 is 0 Å². The van der Waals surface area contributed by atoms with Crippen LogP contribution in [0.2, 0.25) is 0 Å². The van der Waals surface area contributed by atoms with Crippen LogP contribution in [0.25, 0.3) is 0 Å². The van der Waals surface area contributed by atoms with Crippen LogP contribution < -0.4 is 0 Å². The predicted molar refractivity (Wildman–Crippen MR) is 121 cm³/mol. The number of hydrogen-bond acceptors (Lipinski definition) is 2. The number of hydrogen-bond donors (Lipinski definition) is 2. The van der Waals surface area contributed by atoms with Gasteiger partial charge >= 0.3 is 0 Å². The van der Waals surface area contributed by atoms with E-state index in [1.165, 1.54) is 33.4 Å². The Bertz CT molecular complexity index is 703. The lowest BCUT2D eigenvalue weighted by atomic mass is 9.87. The van der Waals surface area contributed by atoms with Crippen molar-refractivity contribution in [3.8, 4) is 0 Å². The van der Waals surface area contributed by atoms with E-state index in [0.717, 1.165) is 35.1 Å². The summed E-state index contributed by atoms with van der Waals surface area (Å²) in [7, 11) is 0. The topological polar surface area (TPSA) is 40.5 Å². The van der Waals surface area contributed by atoms with Crippen molar-refractivity contribution in [2.24, 2.45) is 0 Å². The molecule has 0 amide bonds. The fraction of sp³-hybridized carbons (Fsp3) is 0.538. The summed E-state index contributed by atoms with van der Waals surface area (Å²) in [5.74, 6) is 0. The number of aliphatic hydroxyl groups excluding tert-OH is 2. The molecule has 2 N–H and O–H groups in total. The SMILES string of the molecule is CCc1c(C)c(C)c(C)c(C)c1CC.Cc1c(C)c(C)c(CO)c(CO)c1C. The second kappa shape index (κ2) is 10.2. The molecule has 2 aromatic carbocycles. The van der Waals surface area contributed by atoms with Crippen LogP contribution in [0.4, 0.5) is 0 Å². The summed E-state index contributed by atoms with van der Waals surface area (Å²) in [5.41, 5.74) is 15.5. The standard InChI is InChI=1S/C14H22.C12H18O2/c1-7-13-11(5)9(3)10(4)12(6)14(13)8-2;1-7-8(2)10(4)12(6-14)11(5-13)9(7)3/h7-8H2,1-6H3;13-14H,5-6H2,1-4H3. The summed E-state index contributed by atoms with van der Waals surface area (Å²) in [4.78, 5) is 0. The van der Waals surface area contributed by atoms with E-state index in [9.17, 15) is 10.2 Å². The zero-order chi connectivity index (χ0) is 21.8. The van der Waals surface area contributed by atoms with Crippen molar-refractivity contribution in [1.29, 1.82) is 0 Å². The second-order valence-electron chi connectivity index (χ2n) is 7.94. The Morgan fingerprint density at radius 3 is 0.786 bits per heavy atom. The number of aliphatic hydroxyl groups is 2. The molecule has 156 valence electrons. The first-order valence-electron chi connectivity index (χ1n) is 10.5. The van der Waals surface area contributed by atoms with Gasteiger partial charge < -0.3 is 10.2 Å². The van der Waals surface area contributed by atoms with Gasteiger partial charge in [0.05, 0.1) is 13.2 Å². The molecule has 0 heterocycles. The van der Waals surface area contributed by atoms with Crippen LogP contribution in [-0.2, 0) is 26.1 Å². The van der Waals surface area contributed by atoms with Crippen LogP contribution in [0, 0.1) is 55.4 Å². The van der Waals surface area contributed by atoms with Crippen molar-refractivity contribution in [1.82, 2.24) is 0 Å². The molecule has 0 aromatic heterocycles. The van der Waals surface area contributed by atoms with Gasteiger partial charge in [0, 0.05) is 0 Å². The van der Waals surface area contributed by atoms with Crippen molar-refractivity contribution in [2.75, 3.05) is 0 Å². The molecular formula is C26H40O2. The van der Waals surface area contributed by atoms with E-state index in [1.54, 1.807) is 11.1 Å². The van der Waals surface area contributed by atoms with Gasteiger partial charge in [-0.15, -0.1) is 0 Å². The van der Waals surface area contributed by atoms with Crippen molar-refractivity contribution in [2.45, 2.75) is 95.3 Å². The van der Waals surface area contributed by atoms with Gasteiger partial charge in [-0.3, -0.25) is 0 Å². The summed E-state index contributed by atoms with van der Waals surface area (Å²) < 4.78 is 0. The quantitative estimate of drug-likeness (QED) is 0.684. The van der Waals surface area contributed by atoms with Crippen LogP contribution in [0.1, 0.15) is 80.6 Å². The first kappa shape index (κ1) is 24.4. The molecule has 0 atom stereocenters. The summed E-state index contributed by atoms with van der Waals surface area (Å²) in [6.45, 7) is 21.6. The summed E-state index contributed by atoms with van der Waals surface area (Å²) in [5, 5.41) is 18.5. The van der Waals surface area contributed by atoms with Gasteiger partial charge in [0.2, 0.25) is 0 Å². The average Bonchev–Trinajstić information content (AvgIpc) is 2.70. The van der Waals surface area contributed by atoms with Gasteiger partial charge in [0.15, 0.2) is 0 Å². The summed E-state index contributed by atoms with van der Waals surface area (Å²) >= 11 is 0. The fourth-order valence-corrected chi connectivity index (χ4v) is 4.32. The summed E-state index contributed by atoms with van der Waals surface area (Å²) in [6, 6.07) is 0. The van der Waals surface area contributed by atoms with Crippen molar-refractivity contribution >= 4 is 0 Å². The highest BCUT2D eigenvalue weighted by Crippen LogP contribution is 2.28. The normalized spacial score (nSPS) is 10.7. The van der Waals surface area contributed by atoms with Gasteiger partial charge in [-0.1, -0.05) is 13.8 Å². The molecule has 2 heteroatoms. The minimum Gasteiger partial charge on any atom is -0.392 e. The maximum atomic E-state index is 9.26. The molecule has 2 aromatic rings. The molecule has 2 rings (SSSR count). The van der Waals surface area contributed by atoms with Crippen LogP contribution in [0.3, 0.4) is 0 Å². The van der Waals surface area contributed by atoms with Gasteiger partial charge in [0.25, 0.3) is 0 Å². The Labute approximate surface area is 172 Å². The largest absolute Gasteiger partial charge is 0.392 e. The monoisotopic (exact) mass is 384 g/mol. The van der Waals surface area contributed by atoms with Gasteiger partial charge in [0.1, 0.15) is 0 Å². The molecule has 0 aliphatic rings. The minimum absolute atomic E-state index is 0.00366. The Morgan fingerprint density at radius 1 is 0.393 bits per heavy atom. The lowest BCUT2D eigenvalue weighted by molar-refractivity contribution is 0.258. The smallest absolute Gasteiger partial charge is 0.0688 e. The highest BCUT2D eigenvalue weighted by Gasteiger charge is 2.13. The average molecular weight is 385 g/mol. The third-order valence-corrected chi connectivity index (χ3v) is 6.94. The van der Waals surface area contributed by atoms with E-state index in [-0.39, 0.29) is 13.2 Å². The predicted octanol–water partition coefficient (Wildman–Crippen LogP) is 5.95. The Morgan fingerprint density at radius 2 is 0.607 bits per heavy atom. The summed E-state index contributed by atoms with van der Waals surface area (Å²) in [6.07, 6.45) is 2.33. The third-order valence-electron chi connectivity index (χ3n) is 6.94. The van der Waals surface area contributed by atoms with E-state index in [1.807, 2.05) is 13.8 Å². The highest BCUT2D eigenvalue weighted by atomic mass is 16.3. The minimum atomic E-state index is 0.00366. The van der Waals surface area contributed by atoms with E-state index in [0.29, 0.717) is 0 Å². The lowest BCUT2D eigenvalue weighted by Gasteiger charge is -2.19. The molecule has 2 nitrogen and oxygen atoms in total. The fourth-order valence-electron chi connectivity index (χ4n) is 4.32.